The number of amides is 1. The van der Waals surface area contributed by atoms with Crippen molar-refractivity contribution < 1.29 is 9.53 Å². The third kappa shape index (κ3) is 3.54. The maximum atomic E-state index is 11.6. The summed E-state index contributed by atoms with van der Waals surface area (Å²) in [4.78, 5) is 11.6. The van der Waals surface area contributed by atoms with E-state index < -0.39 is 0 Å². The average molecular weight is 341 g/mol. The molecule has 6 heteroatoms. The van der Waals surface area contributed by atoms with Crippen molar-refractivity contribution in [3.05, 3.63) is 33.9 Å². The van der Waals surface area contributed by atoms with E-state index in [0.29, 0.717) is 17.4 Å². The number of nitrogens with one attached hydrogen (secondary N) is 2. The fourth-order valence-electron chi connectivity index (χ4n) is 1.61. The number of rotatable bonds is 4. The van der Waals surface area contributed by atoms with Gasteiger partial charge < -0.3 is 10.1 Å². The van der Waals surface area contributed by atoms with Crippen LogP contribution in [0, 0.1) is 0 Å². The van der Waals surface area contributed by atoms with E-state index in [1.807, 2.05) is 25.1 Å². The van der Waals surface area contributed by atoms with Gasteiger partial charge in [-0.1, -0.05) is 22.9 Å². The molecule has 1 amide bonds. The molecule has 2 N–H and O–H groups in total. The maximum absolute atomic E-state index is 11.6. The lowest BCUT2D eigenvalue weighted by Crippen LogP contribution is -2.21. The Morgan fingerprint density at radius 2 is 2.21 bits per heavy atom. The molecule has 1 aromatic carbocycles. The van der Waals surface area contributed by atoms with Crippen molar-refractivity contribution in [3.63, 3.8) is 0 Å². The van der Waals surface area contributed by atoms with E-state index in [1.165, 1.54) is 0 Å². The van der Waals surface area contributed by atoms with Crippen molar-refractivity contribution in [2.24, 2.45) is 0 Å². The number of hydrogen-bond acceptors (Lipinski definition) is 3. The molecule has 0 unspecified atom stereocenters. The van der Waals surface area contributed by atoms with Crippen molar-refractivity contribution >= 4 is 45.2 Å². The lowest BCUT2D eigenvalue weighted by Gasteiger charge is -2.09. The summed E-state index contributed by atoms with van der Waals surface area (Å²) in [6, 6.07) is 5.67. The average Bonchev–Trinajstić information content (AvgIpc) is 2.67. The van der Waals surface area contributed by atoms with Gasteiger partial charge in [0.1, 0.15) is 11.4 Å². The van der Waals surface area contributed by atoms with Crippen LogP contribution in [-0.4, -0.2) is 17.6 Å². The number of carbonyl (C=O) groups is 1. The Kier molecular flexibility index (Phi) is 4.55. The van der Waals surface area contributed by atoms with E-state index >= 15 is 0 Å². The number of carbonyl (C=O) groups excluding carboxylic acids is 1. The molecule has 0 aromatic heterocycles. The molecule has 100 valence electrons. The van der Waals surface area contributed by atoms with E-state index in [-0.39, 0.29) is 5.91 Å². The Morgan fingerprint density at radius 1 is 1.42 bits per heavy atom. The molecular weight excluding hydrogens is 328 g/mol. The molecule has 1 heterocycles. The third-order valence-electron chi connectivity index (χ3n) is 2.45. The molecule has 2 rings (SSSR count). The van der Waals surface area contributed by atoms with Crippen LogP contribution in [-0.2, 0) is 4.79 Å². The maximum Gasteiger partial charge on any atom is 0.273 e. The quantitative estimate of drug-likeness (QED) is 0.653. The molecule has 19 heavy (non-hydrogen) atoms. The van der Waals surface area contributed by atoms with E-state index in [4.69, 9.17) is 17.0 Å². The van der Waals surface area contributed by atoms with Crippen LogP contribution in [0.3, 0.4) is 0 Å². The number of ether oxygens (including phenoxy) is 1. The molecule has 1 saturated heterocycles. The monoisotopic (exact) mass is 340 g/mol. The van der Waals surface area contributed by atoms with Crippen LogP contribution in [0.25, 0.3) is 6.08 Å². The Hall–Kier alpha value is -1.40. The minimum atomic E-state index is -0.230. The summed E-state index contributed by atoms with van der Waals surface area (Å²) in [5.74, 6) is 0.511. The van der Waals surface area contributed by atoms with Gasteiger partial charge in [0, 0.05) is 10.0 Å². The zero-order valence-corrected chi connectivity index (χ0v) is 12.7. The van der Waals surface area contributed by atoms with Crippen molar-refractivity contribution in [1.29, 1.82) is 0 Å². The topological polar surface area (TPSA) is 50.4 Å². The molecule has 0 atom stereocenters. The Balaban J connectivity index is 2.32. The summed E-state index contributed by atoms with van der Waals surface area (Å²) in [6.07, 6.45) is 2.65. The van der Waals surface area contributed by atoms with Gasteiger partial charge in [-0.05, 0) is 42.9 Å². The van der Waals surface area contributed by atoms with Crippen LogP contribution in [0.1, 0.15) is 18.9 Å². The lowest BCUT2D eigenvalue weighted by atomic mass is 10.1. The van der Waals surface area contributed by atoms with E-state index in [1.54, 1.807) is 6.08 Å². The van der Waals surface area contributed by atoms with Gasteiger partial charge in [-0.15, -0.1) is 0 Å². The van der Waals surface area contributed by atoms with Gasteiger partial charge in [0.2, 0.25) is 0 Å². The highest BCUT2D eigenvalue weighted by molar-refractivity contribution is 9.10. The van der Waals surface area contributed by atoms with Crippen LogP contribution >= 0.6 is 28.1 Å². The second kappa shape index (κ2) is 6.16. The van der Waals surface area contributed by atoms with Gasteiger partial charge in [-0.25, -0.2) is 0 Å². The van der Waals surface area contributed by atoms with Crippen LogP contribution in [0.4, 0.5) is 0 Å². The van der Waals surface area contributed by atoms with Crippen LogP contribution in [0.15, 0.2) is 28.4 Å². The highest BCUT2D eigenvalue weighted by atomic mass is 79.9. The van der Waals surface area contributed by atoms with E-state index in [0.717, 1.165) is 22.2 Å². The lowest BCUT2D eigenvalue weighted by molar-refractivity contribution is -0.115. The van der Waals surface area contributed by atoms with Crippen molar-refractivity contribution in [1.82, 2.24) is 10.6 Å². The Morgan fingerprint density at radius 3 is 2.84 bits per heavy atom. The zero-order valence-electron chi connectivity index (χ0n) is 10.3. The highest BCUT2D eigenvalue weighted by Crippen LogP contribution is 2.25. The molecule has 0 bridgehead atoms. The smallest absolute Gasteiger partial charge is 0.273 e. The first-order valence-electron chi connectivity index (χ1n) is 5.86. The first-order valence-corrected chi connectivity index (χ1v) is 7.06. The largest absolute Gasteiger partial charge is 0.493 e. The van der Waals surface area contributed by atoms with Gasteiger partial charge in [0.05, 0.1) is 6.61 Å². The third-order valence-corrected chi connectivity index (χ3v) is 3.15. The Bertz CT molecular complexity index is 558. The molecule has 1 aliphatic heterocycles. The van der Waals surface area contributed by atoms with Crippen LogP contribution in [0.5, 0.6) is 5.75 Å². The molecule has 0 aliphatic carbocycles. The second-order valence-electron chi connectivity index (χ2n) is 4.00. The molecule has 0 spiro atoms. The normalized spacial score (nSPS) is 16.4. The zero-order chi connectivity index (χ0) is 13.8. The molecule has 1 fully saturated rings. The first-order chi connectivity index (χ1) is 9.10. The first kappa shape index (κ1) is 14.0. The summed E-state index contributed by atoms with van der Waals surface area (Å²) in [7, 11) is 0. The predicted octanol–water partition coefficient (Wildman–Crippen LogP) is 2.58. The fraction of sp³-hybridized carbons (Fsp3) is 0.231. The summed E-state index contributed by atoms with van der Waals surface area (Å²) in [6.45, 7) is 2.68. The minimum Gasteiger partial charge on any atom is -0.493 e. The summed E-state index contributed by atoms with van der Waals surface area (Å²) in [5, 5.41) is 5.66. The van der Waals surface area contributed by atoms with Crippen LogP contribution in [0.2, 0.25) is 0 Å². The van der Waals surface area contributed by atoms with Crippen molar-refractivity contribution in [2.75, 3.05) is 6.61 Å². The Labute approximate surface area is 125 Å². The number of benzene rings is 1. The van der Waals surface area contributed by atoms with Crippen molar-refractivity contribution in [3.8, 4) is 5.75 Å². The minimum absolute atomic E-state index is 0.230. The van der Waals surface area contributed by atoms with Crippen molar-refractivity contribution in [2.45, 2.75) is 13.3 Å². The summed E-state index contributed by atoms with van der Waals surface area (Å²) >= 11 is 8.30. The molecule has 1 aromatic rings. The molecule has 0 saturated carbocycles. The fourth-order valence-corrected chi connectivity index (χ4v) is 2.19. The second-order valence-corrected chi connectivity index (χ2v) is 5.32. The SMILES string of the molecule is CCCOc1ccc(Br)cc1C=C1NC(=S)NC1=O. The summed E-state index contributed by atoms with van der Waals surface area (Å²) < 4.78 is 6.58. The molecular formula is C13H13BrN2O2S. The number of thiocarbonyl (C=S) groups is 1. The number of hydrogen-bond donors (Lipinski definition) is 2. The van der Waals surface area contributed by atoms with Gasteiger partial charge >= 0.3 is 0 Å². The predicted molar refractivity (Wildman–Crippen MR) is 81.8 cm³/mol. The molecule has 1 aliphatic rings. The van der Waals surface area contributed by atoms with Gasteiger partial charge in [-0.2, -0.15) is 0 Å². The molecule has 4 nitrogen and oxygen atoms in total. The highest BCUT2D eigenvalue weighted by Gasteiger charge is 2.20. The van der Waals surface area contributed by atoms with E-state index in [2.05, 4.69) is 26.6 Å². The van der Waals surface area contributed by atoms with Gasteiger partial charge in [0.15, 0.2) is 5.11 Å². The standard InChI is InChI=1S/C13H13BrN2O2S/c1-2-5-18-11-4-3-9(14)6-8(11)7-10-12(17)16-13(19)15-10/h3-4,6-7H,2,5H2,1H3,(H2,15,16,17,19). The van der Waals surface area contributed by atoms with Gasteiger partial charge in [0.25, 0.3) is 5.91 Å². The molecule has 0 radical (unpaired) electrons. The number of halogens is 1. The van der Waals surface area contributed by atoms with Gasteiger partial charge in [-0.3, -0.25) is 10.1 Å². The van der Waals surface area contributed by atoms with E-state index in [9.17, 15) is 4.79 Å². The summed E-state index contributed by atoms with van der Waals surface area (Å²) in [5.41, 5.74) is 1.25. The van der Waals surface area contributed by atoms with Crippen LogP contribution < -0.4 is 15.4 Å².